The molecule has 0 unspecified atom stereocenters. The zero-order chi connectivity index (χ0) is 13.1. The Balaban J connectivity index is 1.72. The molecule has 0 saturated heterocycles. The summed E-state index contributed by atoms with van der Waals surface area (Å²) in [6, 6.07) is 9.59. The second-order valence-corrected chi connectivity index (χ2v) is 7.34. The van der Waals surface area contributed by atoms with Crippen molar-refractivity contribution in [3.05, 3.63) is 34.3 Å². The van der Waals surface area contributed by atoms with Crippen LogP contribution in [0.5, 0.6) is 0 Å². The molecule has 0 radical (unpaired) electrons. The molecular formula is C17H24BrN. The van der Waals surface area contributed by atoms with Gasteiger partial charge in [0.05, 0.1) is 0 Å². The molecule has 1 aromatic carbocycles. The van der Waals surface area contributed by atoms with Gasteiger partial charge in [-0.15, -0.1) is 0 Å². The number of hydrogen-bond donors (Lipinski definition) is 1. The van der Waals surface area contributed by atoms with Gasteiger partial charge in [0, 0.05) is 17.1 Å². The van der Waals surface area contributed by atoms with E-state index in [9.17, 15) is 0 Å². The third-order valence-electron chi connectivity index (χ3n) is 4.78. The van der Waals surface area contributed by atoms with Gasteiger partial charge >= 0.3 is 0 Å². The molecule has 2 aliphatic rings. The van der Waals surface area contributed by atoms with Crippen molar-refractivity contribution in [2.45, 2.75) is 57.4 Å². The minimum Gasteiger partial charge on any atom is -0.313 e. The number of rotatable bonds is 5. The van der Waals surface area contributed by atoms with Gasteiger partial charge in [-0.3, -0.25) is 0 Å². The highest BCUT2D eigenvalue weighted by Gasteiger charge is 2.34. The van der Waals surface area contributed by atoms with Crippen molar-refractivity contribution >= 4 is 15.9 Å². The molecule has 1 aromatic rings. The summed E-state index contributed by atoms with van der Waals surface area (Å²) >= 11 is 3.72. The maximum atomic E-state index is 3.79. The van der Waals surface area contributed by atoms with Crippen LogP contribution in [0.2, 0.25) is 0 Å². The maximum absolute atomic E-state index is 3.79. The van der Waals surface area contributed by atoms with Crippen molar-refractivity contribution in [1.29, 1.82) is 0 Å². The molecule has 3 rings (SSSR count). The van der Waals surface area contributed by atoms with Gasteiger partial charge in [-0.05, 0) is 49.1 Å². The minimum absolute atomic E-state index is 0.505. The summed E-state index contributed by atoms with van der Waals surface area (Å²) in [5.74, 6) is 0. The van der Waals surface area contributed by atoms with E-state index in [0.717, 1.165) is 6.04 Å². The number of hydrogen-bond acceptors (Lipinski definition) is 1. The lowest BCUT2D eigenvalue weighted by molar-refractivity contribution is 0.180. The fourth-order valence-corrected chi connectivity index (χ4v) is 3.84. The first kappa shape index (κ1) is 13.6. The SMILES string of the molecule is Brc1ccccc1CC1(CNC2CC2)CCCCC1. The molecule has 0 aliphatic heterocycles. The van der Waals surface area contributed by atoms with Crippen molar-refractivity contribution in [2.24, 2.45) is 5.41 Å². The predicted molar refractivity (Wildman–Crippen MR) is 84.4 cm³/mol. The molecule has 19 heavy (non-hydrogen) atoms. The van der Waals surface area contributed by atoms with Crippen LogP contribution in [0.3, 0.4) is 0 Å². The molecular weight excluding hydrogens is 298 g/mol. The Bertz CT molecular complexity index is 419. The highest BCUT2D eigenvalue weighted by molar-refractivity contribution is 9.10. The van der Waals surface area contributed by atoms with Crippen LogP contribution in [0.15, 0.2) is 28.7 Å². The fourth-order valence-electron chi connectivity index (χ4n) is 3.41. The van der Waals surface area contributed by atoms with E-state index in [2.05, 4.69) is 45.5 Å². The number of nitrogens with one attached hydrogen (secondary N) is 1. The Morgan fingerprint density at radius 2 is 1.84 bits per heavy atom. The minimum atomic E-state index is 0.505. The van der Waals surface area contributed by atoms with E-state index < -0.39 is 0 Å². The zero-order valence-corrected chi connectivity index (χ0v) is 13.2. The van der Waals surface area contributed by atoms with E-state index in [1.807, 2.05) is 0 Å². The molecule has 0 spiro atoms. The van der Waals surface area contributed by atoms with Gasteiger partial charge < -0.3 is 5.32 Å². The number of benzene rings is 1. The molecule has 0 bridgehead atoms. The van der Waals surface area contributed by atoms with Gasteiger partial charge in [0.15, 0.2) is 0 Å². The Hall–Kier alpha value is -0.340. The van der Waals surface area contributed by atoms with Crippen LogP contribution >= 0.6 is 15.9 Å². The van der Waals surface area contributed by atoms with Crippen LogP contribution in [-0.4, -0.2) is 12.6 Å². The van der Waals surface area contributed by atoms with E-state index in [1.165, 1.54) is 67.9 Å². The summed E-state index contributed by atoms with van der Waals surface area (Å²) in [6.45, 7) is 1.22. The highest BCUT2D eigenvalue weighted by Crippen LogP contribution is 2.40. The first-order valence-electron chi connectivity index (χ1n) is 7.74. The summed E-state index contributed by atoms with van der Waals surface area (Å²) in [5.41, 5.74) is 1.99. The Morgan fingerprint density at radius 1 is 1.11 bits per heavy atom. The second-order valence-electron chi connectivity index (χ2n) is 6.48. The molecule has 2 fully saturated rings. The van der Waals surface area contributed by atoms with Gasteiger partial charge in [0.1, 0.15) is 0 Å². The molecule has 0 aromatic heterocycles. The summed E-state index contributed by atoms with van der Waals surface area (Å²) in [6.07, 6.45) is 11.1. The van der Waals surface area contributed by atoms with Crippen LogP contribution in [0, 0.1) is 5.41 Å². The van der Waals surface area contributed by atoms with Crippen LogP contribution in [0.4, 0.5) is 0 Å². The summed E-state index contributed by atoms with van der Waals surface area (Å²) < 4.78 is 1.28. The Labute approximate surface area is 125 Å². The van der Waals surface area contributed by atoms with Crippen LogP contribution in [-0.2, 0) is 6.42 Å². The van der Waals surface area contributed by atoms with Crippen LogP contribution < -0.4 is 5.32 Å². The van der Waals surface area contributed by atoms with Crippen LogP contribution in [0.1, 0.15) is 50.5 Å². The molecule has 1 N–H and O–H groups in total. The molecule has 0 amide bonds. The Morgan fingerprint density at radius 3 is 2.53 bits per heavy atom. The second kappa shape index (κ2) is 5.97. The molecule has 0 heterocycles. The summed E-state index contributed by atoms with van der Waals surface area (Å²) in [5, 5.41) is 3.79. The zero-order valence-electron chi connectivity index (χ0n) is 11.6. The molecule has 104 valence electrons. The van der Waals surface area contributed by atoms with E-state index >= 15 is 0 Å². The molecule has 2 aliphatic carbocycles. The lowest BCUT2D eigenvalue weighted by atomic mass is 9.70. The topological polar surface area (TPSA) is 12.0 Å². The van der Waals surface area contributed by atoms with E-state index in [-0.39, 0.29) is 0 Å². The maximum Gasteiger partial charge on any atom is 0.0207 e. The van der Waals surface area contributed by atoms with Crippen LogP contribution in [0.25, 0.3) is 0 Å². The highest BCUT2D eigenvalue weighted by atomic mass is 79.9. The molecule has 1 nitrogen and oxygen atoms in total. The average Bonchev–Trinajstić information content (AvgIpc) is 3.25. The first-order chi connectivity index (χ1) is 9.27. The van der Waals surface area contributed by atoms with Gasteiger partial charge in [0.25, 0.3) is 0 Å². The largest absolute Gasteiger partial charge is 0.313 e. The van der Waals surface area contributed by atoms with Gasteiger partial charge in [-0.2, -0.15) is 0 Å². The van der Waals surface area contributed by atoms with Crippen molar-refractivity contribution in [3.8, 4) is 0 Å². The van der Waals surface area contributed by atoms with Crippen molar-refractivity contribution in [2.75, 3.05) is 6.54 Å². The third-order valence-corrected chi connectivity index (χ3v) is 5.55. The standard InChI is InChI=1S/C17H24BrN/c18-16-7-3-2-6-14(16)12-17(10-4-1-5-11-17)13-19-15-8-9-15/h2-3,6-7,15,19H,1,4-5,8-13H2. The van der Waals surface area contributed by atoms with E-state index in [4.69, 9.17) is 0 Å². The molecule has 0 atom stereocenters. The fraction of sp³-hybridized carbons (Fsp3) is 0.647. The predicted octanol–water partition coefficient (Wildman–Crippen LogP) is 4.69. The first-order valence-corrected chi connectivity index (χ1v) is 8.54. The van der Waals surface area contributed by atoms with Gasteiger partial charge in [-0.25, -0.2) is 0 Å². The number of halogens is 1. The molecule has 2 saturated carbocycles. The molecule has 2 heteroatoms. The van der Waals surface area contributed by atoms with Gasteiger partial charge in [-0.1, -0.05) is 53.4 Å². The lowest BCUT2D eigenvalue weighted by Crippen LogP contribution is -2.38. The summed E-state index contributed by atoms with van der Waals surface area (Å²) in [4.78, 5) is 0. The average molecular weight is 322 g/mol. The quantitative estimate of drug-likeness (QED) is 0.829. The lowest BCUT2D eigenvalue weighted by Gasteiger charge is -2.38. The smallest absolute Gasteiger partial charge is 0.0207 e. The summed E-state index contributed by atoms with van der Waals surface area (Å²) in [7, 11) is 0. The monoisotopic (exact) mass is 321 g/mol. The van der Waals surface area contributed by atoms with Crippen molar-refractivity contribution < 1.29 is 0 Å². The van der Waals surface area contributed by atoms with Crippen molar-refractivity contribution in [3.63, 3.8) is 0 Å². The van der Waals surface area contributed by atoms with E-state index in [0.29, 0.717) is 5.41 Å². The van der Waals surface area contributed by atoms with Gasteiger partial charge in [0.2, 0.25) is 0 Å². The normalized spacial score (nSPS) is 22.4. The van der Waals surface area contributed by atoms with Crippen molar-refractivity contribution in [1.82, 2.24) is 5.32 Å². The van der Waals surface area contributed by atoms with E-state index in [1.54, 1.807) is 0 Å². The Kier molecular flexibility index (Phi) is 4.28. The third kappa shape index (κ3) is 3.61.